The number of carbonyl (C=O) groups is 1. The standard InChI is InChI=1S/C17H20ClN5O2/c1-17(2,3)25-16(24)23-8-10-6-11(23)7-22(10)13-5-4-12-14(21-13)15(18)20-9-19-12/h4-5,9-11H,6-8H2,1-3H3/t10-,11-/m0/s1. The average Bonchev–Trinajstić information content (AvgIpc) is 3.14. The lowest BCUT2D eigenvalue weighted by Gasteiger charge is -2.35. The first-order valence-electron chi connectivity index (χ1n) is 8.35. The number of nitrogens with zero attached hydrogens (tertiary/aromatic N) is 5. The summed E-state index contributed by atoms with van der Waals surface area (Å²) in [5, 5.41) is 0.353. The van der Waals surface area contributed by atoms with Crippen molar-refractivity contribution in [2.75, 3.05) is 18.0 Å². The molecule has 0 aliphatic carbocycles. The molecule has 0 N–H and O–H groups in total. The van der Waals surface area contributed by atoms with Crippen LogP contribution in [0.3, 0.4) is 0 Å². The zero-order valence-electron chi connectivity index (χ0n) is 14.4. The van der Waals surface area contributed by atoms with E-state index in [-0.39, 0.29) is 18.2 Å². The molecule has 1 amide bonds. The first-order chi connectivity index (χ1) is 11.8. The molecule has 7 nitrogen and oxygen atoms in total. The van der Waals surface area contributed by atoms with Gasteiger partial charge in [-0.25, -0.2) is 19.7 Å². The first kappa shape index (κ1) is 16.3. The van der Waals surface area contributed by atoms with Crippen LogP contribution in [0.2, 0.25) is 5.15 Å². The molecule has 2 bridgehead atoms. The first-order valence-corrected chi connectivity index (χ1v) is 8.73. The molecule has 2 atom stereocenters. The molecular weight excluding hydrogens is 342 g/mol. The number of piperazine rings is 1. The molecule has 0 aromatic carbocycles. The molecule has 8 heteroatoms. The van der Waals surface area contributed by atoms with Gasteiger partial charge in [-0.2, -0.15) is 0 Å². The number of halogens is 1. The van der Waals surface area contributed by atoms with Gasteiger partial charge in [-0.15, -0.1) is 0 Å². The molecule has 132 valence electrons. The van der Waals surface area contributed by atoms with E-state index in [1.165, 1.54) is 6.33 Å². The van der Waals surface area contributed by atoms with E-state index in [1.54, 1.807) is 0 Å². The van der Waals surface area contributed by atoms with E-state index in [9.17, 15) is 4.79 Å². The summed E-state index contributed by atoms with van der Waals surface area (Å²) in [6.07, 6.45) is 2.13. The Bertz CT molecular complexity index is 837. The normalized spacial score (nSPS) is 22.7. The zero-order valence-corrected chi connectivity index (χ0v) is 15.2. The fourth-order valence-electron chi connectivity index (χ4n) is 3.55. The third kappa shape index (κ3) is 2.97. The zero-order chi connectivity index (χ0) is 17.8. The van der Waals surface area contributed by atoms with Gasteiger partial charge in [0.15, 0.2) is 5.15 Å². The Kier molecular flexibility index (Phi) is 3.72. The maximum Gasteiger partial charge on any atom is 0.410 e. The number of rotatable bonds is 1. The molecule has 2 saturated heterocycles. The number of hydrogen-bond donors (Lipinski definition) is 0. The van der Waals surface area contributed by atoms with Crippen LogP contribution in [0.15, 0.2) is 18.5 Å². The van der Waals surface area contributed by atoms with Crippen LogP contribution in [0.25, 0.3) is 11.0 Å². The molecule has 2 aromatic heterocycles. The molecule has 0 radical (unpaired) electrons. The van der Waals surface area contributed by atoms with E-state index >= 15 is 0 Å². The highest BCUT2D eigenvalue weighted by Crippen LogP contribution is 2.35. The van der Waals surface area contributed by atoms with Gasteiger partial charge in [0.2, 0.25) is 0 Å². The Labute approximate surface area is 151 Å². The van der Waals surface area contributed by atoms with Gasteiger partial charge >= 0.3 is 6.09 Å². The smallest absolute Gasteiger partial charge is 0.410 e. The Morgan fingerprint density at radius 3 is 2.72 bits per heavy atom. The largest absolute Gasteiger partial charge is 0.444 e. The number of amides is 1. The summed E-state index contributed by atoms with van der Waals surface area (Å²) < 4.78 is 5.51. The summed E-state index contributed by atoms with van der Waals surface area (Å²) in [4.78, 5) is 29.2. The second-order valence-electron chi connectivity index (χ2n) is 7.53. The number of aromatic nitrogens is 3. The van der Waals surface area contributed by atoms with Gasteiger partial charge in [0.25, 0.3) is 0 Å². The maximum atomic E-state index is 12.3. The van der Waals surface area contributed by atoms with Crippen molar-refractivity contribution >= 4 is 34.5 Å². The number of ether oxygens (including phenoxy) is 1. The van der Waals surface area contributed by atoms with Crippen LogP contribution >= 0.6 is 11.6 Å². The number of likely N-dealkylation sites (tertiary alicyclic amines) is 1. The van der Waals surface area contributed by atoms with Crippen LogP contribution in [0.4, 0.5) is 10.6 Å². The molecule has 4 rings (SSSR count). The highest BCUT2D eigenvalue weighted by Gasteiger charge is 2.47. The lowest BCUT2D eigenvalue weighted by Crippen LogP contribution is -2.50. The molecule has 0 spiro atoms. The van der Waals surface area contributed by atoms with Gasteiger partial charge in [0, 0.05) is 13.1 Å². The van der Waals surface area contributed by atoms with Gasteiger partial charge in [0.05, 0.1) is 17.6 Å². The van der Waals surface area contributed by atoms with Crippen LogP contribution in [0.5, 0.6) is 0 Å². The van der Waals surface area contributed by atoms with Crippen LogP contribution in [-0.2, 0) is 4.74 Å². The second-order valence-corrected chi connectivity index (χ2v) is 7.89. The number of hydrogen-bond acceptors (Lipinski definition) is 6. The SMILES string of the molecule is CC(C)(C)OC(=O)N1C[C@@H]2C[C@H]1CN2c1ccc2ncnc(Cl)c2n1. The summed E-state index contributed by atoms with van der Waals surface area (Å²) in [7, 11) is 0. The van der Waals surface area contributed by atoms with Crippen LogP contribution in [-0.4, -0.2) is 56.7 Å². The van der Waals surface area contributed by atoms with Crippen molar-refractivity contribution in [1.29, 1.82) is 0 Å². The van der Waals surface area contributed by atoms with E-state index < -0.39 is 5.60 Å². The summed E-state index contributed by atoms with van der Waals surface area (Å²) >= 11 is 6.14. The molecule has 25 heavy (non-hydrogen) atoms. The van der Waals surface area contributed by atoms with Crippen LogP contribution < -0.4 is 4.90 Å². The predicted molar refractivity (Wildman–Crippen MR) is 94.8 cm³/mol. The molecule has 2 fully saturated rings. The fraction of sp³-hybridized carbons (Fsp3) is 0.529. The second kappa shape index (κ2) is 5.69. The predicted octanol–water partition coefficient (Wildman–Crippen LogP) is 2.88. The fourth-order valence-corrected chi connectivity index (χ4v) is 3.73. The molecule has 4 heterocycles. The number of fused-ring (bicyclic) bond motifs is 3. The molecule has 2 aliphatic heterocycles. The third-order valence-corrected chi connectivity index (χ3v) is 4.86. The summed E-state index contributed by atoms with van der Waals surface area (Å²) in [5.74, 6) is 0.848. The topological polar surface area (TPSA) is 71.5 Å². The Balaban J connectivity index is 1.53. The molecule has 2 aromatic rings. The van der Waals surface area contributed by atoms with Crippen LogP contribution in [0, 0.1) is 0 Å². The minimum absolute atomic E-state index is 0.153. The number of anilines is 1. The van der Waals surface area contributed by atoms with Crippen molar-refractivity contribution in [1.82, 2.24) is 19.9 Å². The van der Waals surface area contributed by atoms with Gasteiger partial charge in [0.1, 0.15) is 23.3 Å². The molecular formula is C17H20ClN5O2. The third-order valence-electron chi connectivity index (χ3n) is 4.59. The molecule has 2 aliphatic rings. The van der Waals surface area contributed by atoms with Crippen LogP contribution in [0.1, 0.15) is 27.2 Å². The molecule has 0 unspecified atom stereocenters. The van der Waals surface area contributed by atoms with E-state index in [1.807, 2.05) is 37.8 Å². The lowest BCUT2D eigenvalue weighted by atomic mass is 10.2. The monoisotopic (exact) mass is 361 g/mol. The Morgan fingerprint density at radius 1 is 1.24 bits per heavy atom. The number of carbonyl (C=O) groups excluding carboxylic acids is 1. The van der Waals surface area contributed by atoms with E-state index in [0.29, 0.717) is 17.2 Å². The van der Waals surface area contributed by atoms with Crippen molar-refractivity contribution in [3.05, 3.63) is 23.6 Å². The van der Waals surface area contributed by atoms with Gasteiger partial charge in [-0.1, -0.05) is 11.6 Å². The van der Waals surface area contributed by atoms with Gasteiger partial charge in [-0.3, -0.25) is 0 Å². The van der Waals surface area contributed by atoms with Crippen molar-refractivity contribution in [3.63, 3.8) is 0 Å². The van der Waals surface area contributed by atoms with E-state index in [2.05, 4.69) is 19.9 Å². The number of pyridine rings is 1. The van der Waals surface area contributed by atoms with Crippen molar-refractivity contribution < 1.29 is 9.53 Å². The minimum Gasteiger partial charge on any atom is -0.444 e. The minimum atomic E-state index is -0.477. The van der Waals surface area contributed by atoms with Crippen molar-refractivity contribution in [2.24, 2.45) is 0 Å². The maximum absolute atomic E-state index is 12.3. The summed E-state index contributed by atoms with van der Waals surface area (Å²) in [5.41, 5.74) is 0.854. The highest BCUT2D eigenvalue weighted by molar-refractivity contribution is 6.33. The lowest BCUT2D eigenvalue weighted by molar-refractivity contribution is 0.0214. The summed E-state index contributed by atoms with van der Waals surface area (Å²) in [6, 6.07) is 4.25. The molecule has 0 saturated carbocycles. The van der Waals surface area contributed by atoms with Crippen molar-refractivity contribution in [2.45, 2.75) is 44.9 Å². The van der Waals surface area contributed by atoms with Gasteiger partial charge in [-0.05, 0) is 39.3 Å². The Morgan fingerprint density at radius 2 is 2.04 bits per heavy atom. The average molecular weight is 362 g/mol. The van der Waals surface area contributed by atoms with E-state index in [0.717, 1.165) is 24.3 Å². The Hall–Kier alpha value is -2.15. The van der Waals surface area contributed by atoms with Crippen molar-refractivity contribution in [3.8, 4) is 0 Å². The van der Waals surface area contributed by atoms with E-state index in [4.69, 9.17) is 16.3 Å². The highest BCUT2D eigenvalue weighted by atomic mass is 35.5. The van der Waals surface area contributed by atoms with Gasteiger partial charge < -0.3 is 14.5 Å². The quantitative estimate of drug-likeness (QED) is 0.727. The summed E-state index contributed by atoms with van der Waals surface area (Å²) in [6.45, 7) is 7.05.